The number of aliphatic hydroxyl groups excluding tert-OH is 1. The lowest BCUT2D eigenvalue weighted by Crippen LogP contribution is -2.23. The van der Waals surface area contributed by atoms with E-state index in [4.69, 9.17) is 0 Å². The maximum absolute atomic E-state index is 10.6. The number of hydrogen-bond acceptors (Lipinski definition) is 4. The molecule has 5 heteroatoms. The molecule has 2 aliphatic heterocycles. The fourth-order valence-corrected chi connectivity index (χ4v) is 3.42. The van der Waals surface area contributed by atoms with Gasteiger partial charge in [-0.2, -0.15) is 0 Å². The van der Waals surface area contributed by atoms with Crippen LogP contribution in [0.3, 0.4) is 0 Å². The summed E-state index contributed by atoms with van der Waals surface area (Å²) >= 11 is 0. The summed E-state index contributed by atoms with van der Waals surface area (Å²) in [6.07, 6.45) is 3.04. The number of hydrogen-bond donors (Lipinski definition) is 1. The van der Waals surface area contributed by atoms with Gasteiger partial charge in [0.2, 0.25) is 0 Å². The standard InChI is InChI=1S/C14H18N2O3/c17-14(10-3-5-12(6-4-10)16(18)19)11-8-13-2-1-7-15(13)9-11/h3-6,11,13-14,17H,1-2,7-9H2/t11-,13-,14-/m0/s1. The summed E-state index contributed by atoms with van der Waals surface area (Å²) in [5.41, 5.74) is 0.861. The Morgan fingerprint density at radius 1 is 1.37 bits per heavy atom. The van der Waals surface area contributed by atoms with Crippen molar-refractivity contribution >= 4 is 5.69 Å². The van der Waals surface area contributed by atoms with E-state index in [1.165, 1.54) is 25.0 Å². The van der Waals surface area contributed by atoms with E-state index in [0.717, 1.165) is 25.1 Å². The molecule has 1 aromatic carbocycles. The van der Waals surface area contributed by atoms with Crippen LogP contribution in [0.4, 0.5) is 5.69 Å². The topological polar surface area (TPSA) is 66.6 Å². The highest BCUT2D eigenvalue weighted by Gasteiger charge is 2.38. The molecule has 3 rings (SSSR count). The zero-order valence-corrected chi connectivity index (χ0v) is 10.7. The highest BCUT2D eigenvalue weighted by molar-refractivity contribution is 5.34. The van der Waals surface area contributed by atoms with Gasteiger partial charge in [0, 0.05) is 30.6 Å². The Morgan fingerprint density at radius 3 is 2.74 bits per heavy atom. The second-order valence-corrected chi connectivity index (χ2v) is 5.58. The maximum Gasteiger partial charge on any atom is 0.269 e. The second kappa shape index (κ2) is 4.90. The van der Waals surface area contributed by atoms with Gasteiger partial charge in [0.1, 0.15) is 0 Å². The normalized spacial score (nSPS) is 28.3. The first-order chi connectivity index (χ1) is 9.15. The molecule has 1 aromatic rings. The summed E-state index contributed by atoms with van der Waals surface area (Å²) in [4.78, 5) is 12.6. The summed E-state index contributed by atoms with van der Waals surface area (Å²) in [5.74, 6) is 0.256. The summed E-state index contributed by atoms with van der Waals surface area (Å²) in [6, 6.07) is 6.92. The van der Waals surface area contributed by atoms with E-state index in [1.54, 1.807) is 12.1 Å². The molecular formula is C14H18N2O3. The van der Waals surface area contributed by atoms with Gasteiger partial charge in [-0.3, -0.25) is 15.0 Å². The third-order valence-electron chi connectivity index (χ3n) is 4.43. The van der Waals surface area contributed by atoms with Crippen LogP contribution in [-0.4, -0.2) is 34.1 Å². The molecule has 1 N–H and O–H groups in total. The van der Waals surface area contributed by atoms with E-state index in [0.29, 0.717) is 6.04 Å². The zero-order chi connectivity index (χ0) is 13.4. The summed E-state index contributed by atoms with van der Waals surface area (Å²) in [5, 5.41) is 21.0. The van der Waals surface area contributed by atoms with Crippen LogP contribution < -0.4 is 0 Å². The quantitative estimate of drug-likeness (QED) is 0.669. The first kappa shape index (κ1) is 12.6. The van der Waals surface area contributed by atoms with Crippen LogP contribution in [0.2, 0.25) is 0 Å². The molecule has 0 aromatic heterocycles. The fraction of sp³-hybridized carbons (Fsp3) is 0.571. The van der Waals surface area contributed by atoms with Crippen LogP contribution >= 0.6 is 0 Å². The number of rotatable bonds is 3. The molecule has 0 aliphatic carbocycles. The Kier molecular flexibility index (Phi) is 3.24. The number of nitrogens with zero attached hydrogens (tertiary/aromatic N) is 2. The van der Waals surface area contributed by atoms with Gasteiger partial charge in [-0.1, -0.05) is 0 Å². The van der Waals surface area contributed by atoms with Crippen LogP contribution in [0, 0.1) is 16.0 Å². The van der Waals surface area contributed by atoms with Crippen molar-refractivity contribution < 1.29 is 10.0 Å². The summed E-state index contributed by atoms with van der Waals surface area (Å²) < 4.78 is 0. The highest BCUT2D eigenvalue weighted by atomic mass is 16.6. The summed E-state index contributed by atoms with van der Waals surface area (Å²) in [7, 11) is 0. The predicted octanol–water partition coefficient (Wildman–Crippen LogP) is 2.11. The number of aliphatic hydroxyl groups is 1. The molecule has 0 saturated carbocycles. The third kappa shape index (κ3) is 2.35. The van der Waals surface area contributed by atoms with Gasteiger partial charge in [0.25, 0.3) is 5.69 Å². The number of nitro groups is 1. The lowest BCUT2D eigenvalue weighted by molar-refractivity contribution is -0.384. The molecule has 2 aliphatic rings. The molecule has 0 bridgehead atoms. The molecule has 0 unspecified atom stereocenters. The van der Waals surface area contributed by atoms with Crippen LogP contribution in [-0.2, 0) is 0 Å². The minimum Gasteiger partial charge on any atom is -0.388 e. The summed E-state index contributed by atoms with van der Waals surface area (Å²) in [6.45, 7) is 2.09. The number of benzene rings is 1. The molecule has 0 spiro atoms. The first-order valence-corrected chi connectivity index (χ1v) is 6.81. The Morgan fingerprint density at radius 2 is 2.11 bits per heavy atom. The van der Waals surface area contributed by atoms with Gasteiger partial charge in [-0.05, 0) is 43.5 Å². The minimum atomic E-state index is -0.508. The van der Waals surface area contributed by atoms with Crippen molar-refractivity contribution in [2.75, 3.05) is 13.1 Å². The van der Waals surface area contributed by atoms with E-state index in [-0.39, 0.29) is 11.6 Å². The molecule has 2 saturated heterocycles. The third-order valence-corrected chi connectivity index (χ3v) is 4.43. The predicted molar refractivity (Wildman–Crippen MR) is 70.8 cm³/mol. The van der Waals surface area contributed by atoms with E-state index in [9.17, 15) is 15.2 Å². The highest BCUT2D eigenvalue weighted by Crippen LogP contribution is 2.38. The Labute approximate surface area is 112 Å². The van der Waals surface area contributed by atoms with Crippen molar-refractivity contribution in [1.29, 1.82) is 0 Å². The molecule has 2 heterocycles. The Balaban J connectivity index is 1.70. The van der Waals surface area contributed by atoms with Gasteiger partial charge >= 0.3 is 0 Å². The van der Waals surface area contributed by atoms with Gasteiger partial charge < -0.3 is 5.11 Å². The molecule has 5 nitrogen and oxygen atoms in total. The SMILES string of the molecule is O=[N+]([O-])c1ccc([C@H](O)[C@H]2C[C@@H]3CCCN3C2)cc1. The van der Waals surface area contributed by atoms with E-state index in [2.05, 4.69) is 4.90 Å². The number of nitro benzene ring substituents is 1. The van der Waals surface area contributed by atoms with Gasteiger partial charge in [0.15, 0.2) is 0 Å². The molecular weight excluding hydrogens is 244 g/mol. The number of non-ortho nitro benzene ring substituents is 1. The fourth-order valence-electron chi connectivity index (χ4n) is 3.42. The van der Waals surface area contributed by atoms with Crippen LogP contribution in [0.15, 0.2) is 24.3 Å². The van der Waals surface area contributed by atoms with Gasteiger partial charge in [0.05, 0.1) is 11.0 Å². The van der Waals surface area contributed by atoms with Crippen molar-refractivity contribution in [1.82, 2.24) is 4.90 Å². The van der Waals surface area contributed by atoms with Crippen molar-refractivity contribution in [3.05, 3.63) is 39.9 Å². The zero-order valence-electron chi connectivity index (χ0n) is 10.7. The average molecular weight is 262 g/mol. The van der Waals surface area contributed by atoms with Crippen molar-refractivity contribution in [3.8, 4) is 0 Å². The molecule has 0 radical (unpaired) electrons. The van der Waals surface area contributed by atoms with Gasteiger partial charge in [-0.25, -0.2) is 0 Å². The van der Waals surface area contributed by atoms with Crippen molar-refractivity contribution in [2.45, 2.75) is 31.4 Å². The average Bonchev–Trinajstić information content (AvgIpc) is 2.98. The lowest BCUT2D eigenvalue weighted by atomic mass is 9.92. The number of fused-ring (bicyclic) bond motifs is 1. The first-order valence-electron chi connectivity index (χ1n) is 6.81. The van der Waals surface area contributed by atoms with Crippen molar-refractivity contribution in [3.63, 3.8) is 0 Å². The van der Waals surface area contributed by atoms with E-state index < -0.39 is 11.0 Å². The van der Waals surface area contributed by atoms with Gasteiger partial charge in [-0.15, -0.1) is 0 Å². The molecule has 2 fully saturated rings. The van der Waals surface area contributed by atoms with Crippen molar-refractivity contribution in [2.24, 2.45) is 5.92 Å². The maximum atomic E-state index is 10.6. The van der Waals surface area contributed by atoms with Crippen LogP contribution in [0.25, 0.3) is 0 Å². The Hall–Kier alpha value is -1.46. The minimum absolute atomic E-state index is 0.0722. The van der Waals surface area contributed by atoms with Crippen LogP contribution in [0.5, 0.6) is 0 Å². The largest absolute Gasteiger partial charge is 0.388 e. The molecule has 19 heavy (non-hydrogen) atoms. The molecule has 0 amide bonds. The lowest BCUT2D eigenvalue weighted by Gasteiger charge is -2.19. The molecule has 102 valence electrons. The van der Waals surface area contributed by atoms with E-state index >= 15 is 0 Å². The monoisotopic (exact) mass is 262 g/mol. The van der Waals surface area contributed by atoms with Crippen LogP contribution in [0.1, 0.15) is 30.9 Å². The smallest absolute Gasteiger partial charge is 0.269 e. The Bertz CT molecular complexity index is 462. The van der Waals surface area contributed by atoms with E-state index in [1.807, 2.05) is 0 Å². The molecule has 3 atom stereocenters. The second-order valence-electron chi connectivity index (χ2n) is 5.58.